The van der Waals surface area contributed by atoms with Crippen LogP contribution in [-0.2, 0) is 9.59 Å². The van der Waals surface area contributed by atoms with E-state index in [4.69, 9.17) is 0 Å². The summed E-state index contributed by atoms with van der Waals surface area (Å²) in [6.45, 7) is 1.68. The van der Waals surface area contributed by atoms with Crippen LogP contribution in [0.2, 0.25) is 0 Å². The Bertz CT molecular complexity index is 475. The van der Waals surface area contributed by atoms with Gasteiger partial charge in [0.2, 0.25) is 5.91 Å². The number of aliphatic carboxylic acids is 1. The van der Waals surface area contributed by atoms with Gasteiger partial charge < -0.3 is 15.3 Å². The summed E-state index contributed by atoms with van der Waals surface area (Å²) in [4.78, 5) is 25.7. The van der Waals surface area contributed by atoms with Crippen LogP contribution in [0.3, 0.4) is 0 Å². The molecule has 1 saturated heterocycles. The third-order valence-corrected chi connectivity index (χ3v) is 3.66. The summed E-state index contributed by atoms with van der Waals surface area (Å²) in [5.74, 6) is -1.33. The van der Waals surface area contributed by atoms with Gasteiger partial charge in [0.05, 0.1) is 5.92 Å². The summed E-state index contributed by atoms with van der Waals surface area (Å²) in [5.41, 5.74) is 0.595. The molecule has 1 aromatic rings. The molecule has 0 saturated carbocycles. The minimum atomic E-state index is -1.03. The van der Waals surface area contributed by atoms with Crippen molar-refractivity contribution in [1.29, 1.82) is 0 Å². The number of hydrogen-bond acceptors (Lipinski definition) is 3. The molecule has 5 heteroatoms. The smallest absolute Gasteiger partial charge is 0.330 e. The third kappa shape index (κ3) is 3.57. The van der Waals surface area contributed by atoms with Gasteiger partial charge in [-0.05, 0) is 32.0 Å². The number of carbonyl (C=O) groups excluding carboxylic acids is 1. The number of amides is 1. The summed E-state index contributed by atoms with van der Waals surface area (Å²) < 4.78 is 0. The molecule has 0 spiro atoms. The minimum Gasteiger partial charge on any atom is -0.479 e. The van der Waals surface area contributed by atoms with Crippen LogP contribution in [0.25, 0.3) is 0 Å². The van der Waals surface area contributed by atoms with Gasteiger partial charge in [0.1, 0.15) is 0 Å². The number of nitrogens with one attached hydrogen (secondary N) is 1. The highest BCUT2D eigenvalue weighted by atomic mass is 16.4. The van der Waals surface area contributed by atoms with Gasteiger partial charge in [-0.25, -0.2) is 4.79 Å². The maximum Gasteiger partial charge on any atom is 0.330 e. The van der Waals surface area contributed by atoms with Crippen LogP contribution >= 0.6 is 0 Å². The van der Waals surface area contributed by atoms with E-state index in [0.717, 1.165) is 19.4 Å². The van der Waals surface area contributed by atoms with E-state index in [1.165, 1.54) is 0 Å². The largest absolute Gasteiger partial charge is 0.479 e. The first-order valence-electron chi connectivity index (χ1n) is 6.84. The van der Waals surface area contributed by atoms with E-state index >= 15 is 0 Å². The lowest BCUT2D eigenvalue weighted by molar-refractivity contribution is -0.143. The molecular formula is C15H20N2O3. The Hall–Kier alpha value is -1.88. The predicted octanol–water partition coefficient (Wildman–Crippen LogP) is 1.27. The number of benzene rings is 1. The van der Waals surface area contributed by atoms with Crippen LogP contribution in [-0.4, -0.2) is 42.0 Å². The molecule has 2 rings (SSSR count). The average Bonchev–Trinajstić information content (AvgIpc) is 2.45. The first kappa shape index (κ1) is 14.5. The fourth-order valence-electron chi connectivity index (χ4n) is 2.57. The molecule has 0 aliphatic carbocycles. The van der Waals surface area contributed by atoms with Gasteiger partial charge in [-0.1, -0.05) is 30.3 Å². The fraction of sp³-hybridized carbons (Fsp3) is 0.467. The van der Waals surface area contributed by atoms with Crippen molar-refractivity contribution in [2.24, 2.45) is 5.92 Å². The Kier molecular flexibility index (Phi) is 4.74. The Morgan fingerprint density at radius 1 is 1.35 bits per heavy atom. The van der Waals surface area contributed by atoms with Gasteiger partial charge >= 0.3 is 5.97 Å². The third-order valence-electron chi connectivity index (χ3n) is 3.66. The molecule has 2 unspecified atom stereocenters. The van der Waals surface area contributed by atoms with E-state index < -0.39 is 12.0 Å². The van der Waals surface area contributed by atoms with Gasteiger partial charge in [0.15, 0.2) is 6.04 Å². The number of nitrogens with zero attached hydrogens (tertiary/aromatic N) is 1. The molecule has 5 nitrogen and oxygen atoms in total. The molecular weight excluding hydrogens is 256 g/mol. The molecule has 1 amide bonds. The molecule has 108 valence electrons. The number of piperidine rings is 1. The quantitative estimate of drug-likeness (QED) is 0.869. The molecule has 1 aromatic carbocycles. The number of rotatable bonds is 4. The van der Waals surface area contributed by atoms with Gasteiger partial charge in [0.25, 0.3) is 0 Å². The van der Waals surface area contributed by atoms with E-state index in [2.05, 4.69) is 10.2 Å². The second kappa shape index (κ2) is 6.52. The normalized spacial score (nSPS) is 21.1. The maximum atomic E-state index is 12.2. The zero-order valence-corrected chi connectivity index (χ0v) is 11.6. The molecule has 1 heterocycles. The number of carboxylic acid groups (broad SMARTS) is 1. The summed E-state index contributed by atoms with van der Waals surface area (Å²) >= 11 is 0. The highest BCUT2D eigenvalue weighted by Crippen LogP contribution is 2.18. The first-order chi connectivity index (χ1) is 9.58. The van der Waals surface area contributed by atoms with Crippen LogP contribution < -0.4 is 5.32 Å². The number of carbonyl (C=O) groups is 2. The van der Waals surface area contributed by atoms with Gasteiger partial charge in [0, 0.05) is 6.54 Å². The van der Waals surface area contributed by atoms with E-state index in [1.54, 1.807) is 24.3 Å². The number of hydrogen-bond donors (Lipinski definition) is 2. The van der Waals surface area contributed by atoms with Crippen LogP contribution in [0.4, 0.5) is 0 Å². The highest BCUT2D eigenvalue weighted by molar-refractivity contribution is 5.86. The maximum absolute atomic E-state index is 12.2. The van der Waals surface area contributed by atoms with Crippen molar-refractivity contribution in [3.63, 3.8) is 0 Å². The predicted molar refractivity (Wildman–Crippen MR) is 75.2 cm³/mol. The fourth-order valence-corrected chi connectivity index (χ4v) is 2.57. The van der Waals surface area contributed by atoms with Crippen LogP contribution in [0.15, 0.2) is 30.3 Å². The van der Waals surface area contributed by atoms with Gasteiger partial charge in [-0.2, -0.15) is 0 Å². The minimum absolute atomic E-state index is 0.126. The van der Waals surface area contributed by atoms with Crippen molar-refractivity contribution in [3.05, 3.63) is 35.9 Å². The van der Waals surface area contributed by atoms with E-state index in [-0.39, 0.29) is 11.8 Å². The Labute approximate surface area is 118 Å². The molecule has 2 N–H and O–H groups in total. The topological polar surface area (TPSA) is 69.6 Å². The molecule has 0 bridgehead atoms. The van der Waals surface area contributed by atoms with E-state index in [0.29, 0.717) is 12.1 Å². The zero-order valence-electron chi connectivity index (χ0n) is 11.6. The van der Waals surface area contributed by atoms with Crippen molar-refractivity contribution in [2.75, 3.05) is 20.1 Å². The van der Waals surface area contributed by atoms with Crippen LogP contribution in [0.1, 0.15) is 24.4 Å². The molecule has 20 heavy (non-hydrogen) atoms. The summed E-state index contributed by atoms with van der Waals surface area (Å²) in [6, 6.07) is 7.81. The second-order valence-electron chi connectivity index (χ2n) is 5.29. The summed E-state index contributed by atoms with van der Waals surface area (Å²) in [6.07, 6.45) is 1.79. The van der Waals surface area contributed by atoms with Crippen molar-refractivity contribution >= 4 is 11.9 Å². The Morgan fingerprint density at radius 2 is 2.05 bits per heavy atom. The van der Waals surface area contributed by atoms with Crippen molar-refractivity contribution in [1.82, 2.24) is 10.2 Å². The standard InChI is InChI=1S/C15H20N2O3/c1-17-9-5-8-12(10-17)14(18)16-13(15(19)20)11-6-3-2-4-7-11/h2-4,6-7,12-13H,5,8-10H2,1H3,(H,16,18)(H,19,20). The van der Waals surface area contributed by atoms with Crippen LogP contribution in [0.5, 0.6) is 0 Å². The Balaban J connectivity index is 2.05. The monoisotopic (exact) mass is 276 g/mol. The molecule has 1 aliphatic rings. The molecule has 1 aliphatic heterocycles. The number of likely N-dealkylation sites (tertiary alicyclic amines) is 1. The van der Waals surface area contributed by atoms with Gasteiger partial charge in [-0.15, -0.1) is 0 Å². The van der Waals surface area contributed by atoms with Crippen molar-refractivity contribution in [2.45, 2.75) is 18.9 Å². The van der Waals surface area contributed by atoms with Crippen molar-refractivity contribution < 1.29 is 14.7 Å². The number of carboxylic acids is 1. The molecule has 1 fully saturated rings. The molecule has 0 radical (unpaired) electrons. The van der Waals surface area contributed by atoms with E-state index in [9.17, 15) is 14.7 Å². The van der Waals surface area contributed by atoms with Crippen molar-refractivity contribution in [3.8, 4) is 0 Å². The average molecular weight is 276 g/mol. The van der Waals surface area contributed by atoms with Crippen LogP contribution in [0, 0.1) is 5.92 Å². The highest BCUT2D eigenvalue weighted by Gasteiger charge is 2.28. The molecule has 2 atom stereocenters. The lowest BCUT2D eigenvalue weighted by atomic mass is 9.96. The van der Waals surface area contributed by atoms with E-state index in [1.807, 2.05) is 13.1 Å². The lowest BCUT2D eigenvalue weighted by Gasteiger charge is -2.29. The Morgan fingerprint density at radius 3 is 2.65 bits per heavy atom. The van der Waals surface area contributed by atoms with Gasteiger partial charge in [-0.3, -0.25) is 4.79 Å². The lowest BCUT2D eigenvalue weighted by Crippen LogP contribution is -2.44. The summed E-state index contributed by atoms with van der Waals surface area (Å²) in [7, 11) is 1.98. The summed E-state index contributed by atoms with van der Waals surface area (Å²) in [5, 5.41) is 12.0. The zero-order chi connectivity index (χ0) is 14.5. The second-order valence-corrected chi connectivity index (χ2v) is 5.29. The first-order valence-corrected chi connectivity index (χ1v) is 6.84. The molecule has 0 aromatic heterocycles. The SMILES string of the molecule is CN1CCCC(C(=O)NC(C(=O)O)c2ccccc2)C1.